The van der Waals surface area contributed by atoms with Crippen molar-refractivity contribution < 1.29 is 66.2 Å². The average Bonchev–Trinajstić information content (AvgIpc) is 3.58. The van der Waals surface area contributed by atoms with E-state index in [-0.39, 0.29) is 53.7 Å². The van der Waals surface area contributed by atoms with E-state index in [1.807, 2.05) is 42.8 Å². The van der Waals surface area contributed by atoms with Crippen LogP contribution in [0, 0.1) is 0 Å². The van der Waals surface area contributed by atoms with Crippen molar-refractivity contribution in [1.29, 1.82) is 0 Å². The number of aryl methyl sites for hydroxylation is 1. The first-order valence-electron chi connectivity index (χ1n) is 24.5. The van der Waals surface area contributed by atoms with Gasteiger partial charge < -0.3 is 52.9 Å². The number of ether oxygens (including phenoxy) is 5. The molecule has 3 aliphatic heterocycles. The van der Waals surface area contributed by atoms with Crippen molar-refractivity contribution in [3.63, 3.8) is 0 Å². The molecule has 4 aromatic rings. The van der Waals surface area contributed by atoms with E-state index in [4.69, 9.17) is 23.7 Å². The smallest absolute Gasteiger partial charge is 0.466 e. The molecule has 0 spiro atoms. The lowest BCUT2D eigenvalue weighted by Gasteiger charge is -2.45. The van der Waals surface area contributed by atoms with Crippen LogP contribution < -0.4 is 10.1 Å². The number of epoxide rings is 1. The van der Waals surface area contributed by atoms with Gasteiger partial charge in [-0.2, -0.15) is 0 Å². The minimum atomic E-state index is -4.83. The van der Waals surface area contributed by atoms with E-state index in [0.717, 1.165) is 69.2 Å². The van der Waals surface area contributed by atoms with Gasteiger partial charge in [0.2, 0.25) is 0 Å². The number of phosphoric ester groups is 1. The average molecular weight is 1010 g/mol. The number of hydrogen-bond donors (Lipinski definition) is 4. The number of unbranched alkanes of at least 4 members (excludes halogenated alkanes) is 4. The topological polar surface area (TPSA) is 183 Å². The first-order valence-corrected chi connectivity index (χ1v) is 27.8. The minimum absolute atomic E-state index is 0.133. The van der Waals surface area contributed by atoms with Crippen LogP contribution in [-0.4, -0.2) is 133 Å². The van der Waals surface area contributed by atoms with Crippen LogP contribution in [0.5, 0.6) is 5.75 Å². The van der Waals surface area contributed by atoms with Crippen LogP contribution in [0.3, 0.4) is 0 Å². The Morgan fingerprint density at radius 1 is 0.884 bits per heavy atom. The molecule has 4 unspecified atom stereocenters. The molecule has 18 heteroatoms. The van der Waals surface area contributed by atoms with Gasteiger partial charge in [-0.05, 0) is 98.6 Å². The summed E-state index contributed by atoms with van der Waals surface area (Å²) in [5, 5.41) is 18.5. The Hall–Kier alpha value is -3.55. The second-order valence-electron chi connectivity index (χ2n) is 19.2. The monoisotopic (exact) mass is 1010 g/mol. The van der Waals surface area contributed by atoms with Crippen molar-refractivity contribution in [2.24, 2.45) is 0 Å². The highest BCUT2D eigenvalue weighted by molar-refractivity contribution is 7.46. The number of aliphatic hydroxyl groups is 1. The number of fused-ring (bicyclic) bond motifs is 5. The van der Waals surface area contributed by atoms with E-state index < -0.39 is 38.3 Å². The van der Waals surface area contributed by atoms with Gasteiger partial charge >= 0.3 is 19.8 Å². The standard InChI is InChI=1S/C51H70N3O12PS2/c1-5-54(6-2,35-47(56)66-51(45-21-16-28-68-45,46-22-17-29-69-46)50(57)64-40-31-41-48-49(65-48)42(32-40)53(41,3)4)34-39-30-38(23-24-44(39)62-36-63-67(58,59)60)43(55)33-52-25-13-7-8-14-26-61-27-15-12-20-37-18-10-9-11-19-37/h9-11,16-19,21-24,28-30,40-43,48-49,52,55H,5-8,12-15,20,25-27,31-36H2,1-4H3/p+2/t40?,41?,42?,43?,48-,49+. The van der Waals surface area contributed by atoms with Crippen LogP contribution in [-0.2, 0) is 56.2 Å². The maximum Gasteiger partial charge on any atom is 0.472 e. The predicted octanol–water partition coefficient (Wildman–Crippen LogP) is 7.62. The van der Waals surface area contributed by atoms with E-state index in [9.17, 15) is 29.0 Å². The SMILES string of the molecule is CC[N+](CC)(CC(=O)OC(C(=O)OC1CC2[C@H]3O[C@H]3C(C1)[N+]2(C)C)(c1cccs1)c1cccs1)Cc1cc(C(O)CNCCCCCCOCCCCc2ccccc2)ccc1OCOP(=O)(O)O. The summed E-state index contributed by atoms with van der Waals surface area (Å²) in [6, 6.07) is 23.4. The zero-order chi connectivity index (χ0) is 49.1. The molecule has 378 valence electrons. The second-order valence-corrected chi connectivity index (χ2v) is 22.3. The van der Waals surface area contributed by atoms with E-state index in [2.05, 4.69) is 48.2 Å². The molecule has 0 aliphatic carbocycles. The highest BCUT2D eigenvalue weighted by Crippen LogP contribution is 2.52. The summed E-state index contributed by atoms with van der Waals surface area (Å²) in [7, 11) is -0.396. The molecular weight excluding hydrogens is 942 g/mol. The molecule has 3 fully saturated rings. The summed E-state index contributed by atoms with van der Waals surface area (Å²) in [4.78, 5) is 49.3. The fraction of sp³-hybridized carbons (Fsp3) is 0.569. The highest BCUT2D eigenvalue weighted by atomic mass is 32.1. The van der Waals surface area contributed by atoms with E-state index in [1.165, 1.54) is 28.2 Å². The zero-order valence-electron chi connectivity index (χ0n) is 40.4. The van der Waals surface area contributed by atoms with E-state index in [1.54, 1.807) is 30.3 Å². The molecule has 15 nitrogen and oxygen atoms in total. The number of quaternary nitrogens is 2. The summed E-state index contributed by atoms with van der Waals surface area (Å²) in [5.74, 6) is -0.953. The summed E-state index contributed by atoms with van der Waals surface area (Å²) in [5.41, 5.74) is 0.726. The van der Waals surface area contributed by atoms with Crippen molar-refractivity contribution in [1.82, 2.24) is 5.32 Å². The van der Waals surface area contributed by atoms with Gasteiger partial charge in [-0.3, -0.25) is 0 Å². The van der Waals surface area contributed by atoms with E-state index in [0.29, 0.717) is 53.4 Å². The van der Waals surface area contributed by atoms with Gasteiger partial charge in [-0.1, -0.05) is 61.4 Å². The Morgan fingerprint density at radius 3 is 2.16 bits per heavy atom. The number of carbonyl (C=O) groups is 2. The van der Waals surface area contributed by atoms with Crippen molar-refractivity contribution in [2.45, 2.75) is 120 Å². The number of piperidine rings is 1. The number of carbonyl (C=O) groups excluding carboxylic acids is 2. The maximum atomic E-state index is 14.9. The van der Waals surface area contributed by atoms with Gasteiger partial charge in [-0.25, -0.2) is 18.7 Å². The van der Waals surface area contributed by atoms with Crippen LogP contribution in [0.1, 0.15) is 97.8 Å². The third-order valence-electron chi connectivity index (χ3n) is 14.4. The molecule has 4 N–H and O–H groups in total. The van der Waals surface area contributed by atoms with Gasteiger partial charge in [0.1, 0.15) is 42.7 Å². The number of thiophene rings is 2. The zero-order valence-corrected chi connectivity index (χ0v) is 43.0. The first-order chi connectivity index (χ1) is 33.2. The third-order valence-corrected chi connectivity index (χ3v) is 16.8. The van der Waals surface area contributed by atoms with Crippen LogP contribution in [0.15, 0.2) is 83.6 Å². The Balaban J connectivity index is 0.971. The van der Waals surface area contributed by atoms with Gasteiger partial charge in [0.05, 0.1) is 43.0 Å². The number of nitrogens with zero attached hydrogens (tertiary/aromatic N) is 2. The molecule has 7 rings (SSSR count). The number of morpholine rings is 1. The van der Waals surface area contributed by atoms with Crippen molar-refractivity contribution in [3.8, 4) is 5.75 Å². The number of phosphoric acid groups is 1. The lowest BCUT2D eigenvalue weighted by Crippen LogP contribution is -2.60. The summed E-state index contributed by atoms with van der Waals surface area (Å²) in [6.45, 7) is 6.82. The Morgan fingerprint density at radius 2 is 1.54 bits per heavy atom. The molecular formula is C51H72N3O12PS2+2. The van der Waals surface area contributed by atoms with Crippen molar-refractivity contribution >= 4 is 42.4 Å². The van der Waals surface area contributed by atoms with Crippen LogP contribution >= 0.6 is 30.5 Å². The molecule has 6 atom stereocenters. The maximum absolute atomic E-state index is 14.9. The Kier molecular flexibility index (Phi) is 18.7. The molecule has 5 heterocycles. The summed E-state index contributed by atoms with van der Waals surface area (Å²) >= 11 is 2.65. The fourth-order valence-electron chi connectivity index (χ4n) is 10.2. The van der Waals surface area contributed by atoms with Gasteiger partial charge in [0.15, 0.2) is 13.3 Å². The predicted molar refractivity (Wildman–Crippen MR) is 264 cm³/mol. The number of aliphatic hydroxyl groups excluding tert-OH is 1. The molecule has 3 aliphatic rings. The van der Waals surface area contributed by atoms with Crippen LogP contribution in [0.25, 0.3) is 0 Å². The molecule has 2 aromatic carbocycles. The fourth-order valence-corrected chi connectivity index (χ4v) is 12.2. The molecule has 2 aromatic heterocycles. The second kappa shape index (κ2) is 24.2. The quantitative estimate of drug-likeness (QED) is 0.0100. The van der Waals surface area contributed by atoms with Crippen LogP contribution in [0.4, 0.5) is 0 Å². The van der Waals surface area contributed by atoms with Gasteiger partial charge in [0.25, 0.3) is 5.60 Å². The number of rotatable bonds is 30. The lowest BCUT2D eigenvalue weighted by atomic mass is 9.95. The molecule has 3 saturated heterocycles. The van der Waals surface area contributed by atoms with E-state index >= 15 is 0 Å². The largest absolute Gasteiger partial charge is 0.472 e. The molecule has 0 amide bonds. The number of benzene rings is 2. The lowest BCUT2D eigenvalue weighted by molar-refractivity contribution is -0.938. The van der Waals surface area contributed by atoms with Crippen LogP contribution in [0.2, 0.25) is 0 Å². The molecule has 69 heavy (non-hydrogen) atoms. The molecule has 0 radical (unpaired) electrons. The Bertz CT molecular complexity index is 2220. The number of nitrogens with one attached hydrogen (secondary N) is 1. The van der Waals surface area contributed by atoms with Gasteiger partial charge in [-0.15, -0.1) is 22.7 Å². The third kappa shape index (κ3) is 13.7. The minimum Gasteiger partial charge on any atom is -0.466 e. The summed E-state index contributed by atoms with van der Waals surface area (Å²) < 4.78 is 47.8. The normalized spacial score (nSPS) is 21.1. The van der Waals surface area contributed by atoms with Crippen molar-refractivity contribution in [2.75, 3.05) is 66.8 Å². The summed E-state index contributed by atoms with van der Waals surface area (Å²) in [6.07, 6.45) is 7.75. The first kappa shape index (κ1) is 53.3. The van der Waals surface area contributed by atoms with Gasteiger partial charge in [0, 0.05) is 38.2 Å². The molecule has 2 bridgehead atoms. The highest BCUT2D eigenvalue weighted by Gasteiger charge is 2.71. The van der Waals surface area contributed by atoms with Crippen molar-refractivity contribution in [3.05, 3.63) is 110 Å². The molecule has 0 saturated carbocycles. The number of esters is 2. The Labute approximate surface area is 415 Å². The number of hydrogen-bond acceptors (Lipinski definition) is 13. The number of likely N-dealkylation sites (N-methyl/N-ethyl adjacent to an activating group) is 2.